The lowest BCUT2D eigenvalue weighted by Gasteiger charge is -2.20. The Morgan fingerprint density at radius 2 is 2.29 bits per heavy atom. The number of amides is 2. The molecule has 2 N–H and O–H groups in total. The van der Waals surface area contributed by atoms with Crippen molar-refractivity contribution in [3.8, 4) is 0 Å². The molecule has 24 heavy (non-hydrogen) atoms. The van der Waals surface area contributed by atoms with Gasteiger partial charge in [0.25, 0.3) is 0 Å². The molecule has 2 aliphatic rings. The molecule has 0 aromatic carbocycles. The number of alkyl carbamates (subject to hydrolysis) is 1. The third-order valence-corrected chi connectivity index (χ3v) is 3.88. The number of aliphatic hydroxyl groups is 1. The first-order valence-corrected chi connectivity index (χ1v) is 7.81. The number of hydrogen-bond acceptors (Lipinski definition) is 5. The molecule has 2 rings (SSSR count). The fourth-order valence-corrected chi connectivity index (χ4v) is 2.53. The summed E-state index contributed by atoms with van der Waals surface area (Å²) in [5.74, 6) is -0.869. The van der Waals surface area contributed by atoms with E-state index in [1.807, 2.05) is 18.2 Å². The van der Waals surface area contributed by atoms with Gasteiger partial charge in [-0.05, 0) is 49.3 Å². The fraction of sp³-hybridized carbons (Fsp3) is 0.412. The van der Waals surface area contributed by atoms with Gasteiger partial charge in [-0.15, -0.1) is 4.91 Å². The zero-order valence-corrected chi connectivity index (χ0v) is 13.2. The van der Waals surface area contributed by atoms with Gasteiger partial charge in [0.15, 0.2) is 0 Å². The minimum atomic E-state index is -1.04. The summed E-state index contributed by atoms with van der Waals surface area (Å²) in [6, 6.07) is -1.04. The highest BCUT2D eigenvalue weighted by atomic mass is 16.5. The summed E-state index contributed by atoms with van der Waals surface area (Å²) in [5, 5.41) is 14.1. The molecule has 2 unspecified atom stereocenters. The summed E-state index contributed by atoms with van der Waals surface area (Å²) < 4.78 is 5.09. The molecule has 0 heterocycles. The minimum Gasteiger partial charge on any atom is -0.508 e. The van der Waals surface area contributed by atoms with Gasteiger partial charge in [0.1, 0.15) is 18.4 Å². The lowest BCUT2D eigenvalue weighted by molar-refractivity contribution is -0.120. The summed E-state index contributed by atoms with van der Waals surface area (Å²) in [6.07, 6.45) is 12.4. The largest absolute Gasteiger partial charge is 0.508 e. The summed E-state index contributed by atoms with van der Waals surface area (Å²) in [7, 11) is 0. The molecule has 0 saturated heterocycles. The van der Waals surface area contributed by atoms with Crippen LogP contribution in [0, 0.1) is 10.8 Å². The molecular weight excluding hydrogens is 312 g/mol. The highest BCUT2D eigenvalue weighted by Gasteiger charge is 2.26. The van der Waals surface area contributed by atoms with Crippen molar-refractivity contribution in [2.45, 2.75) is 31.7 Å². The lowest BCUT2D eigenvalue weighted by Crippen LogP contribution is -2.41. The highest BCUT2D eigenvalue weighted by molar-refractivity contribution is 5.86. The molecule has 0 fully saturated rings. The minimum absolute atomic E-state index is 0.0805. The van der Waals surface area contributed by atoms with E-state index in [0.717, 1.165) is 18.4 Å². The van der Waals surface area contributed by atoms with Crippen LogP contribution < -0.4 is 5.32 Å². The Kier molecular flexibility index (Phi) is 6.48. The topological polar surface area (TPSA) is 105 Å². The SMILES string of the molecule is O=NC(=O)C(CC1C=CC(O)=CC1)NC(=O)OCC1=CC=CCC1. The molecule has 0 aliphatic heterocycles. The van der Waals surface area contributed by atoms with E-state index in [0.29, 0.717) is 6.42 Å². The number of hydrogen-bond donors (Lipinski definition) is 2. The number of carbonyl (C=O) groups is 2. The summed E-state index contributed by atoms with van der Waals surface area (Å²) in [6.45, 7) is 0.144. The van der Waals surface area contributed by atoms with Gasteiger partial charge >= 0.3 is 12.0 Å². The Morgan fingerprint density at radius 3 is 2.92 bits per heavy atom. The maximum absolute atomic E-state index is 11.9. The number of aliphatic hydroxyl groups excluding tert-OH is 1. The highest BCUT2D eigenvalue weighted by Crippen LogP contribution is 2.20. The van der Waals surface area contributed by atoms with Gasteiger partial charge in [-0.1, -0.05) is 24.3 Å². The van der Waals surface area contributed by atoms with Gasteiger partial charge in [0.05, 0.1) is 0 Å². The van der Waals surface area contributed by atoms with Crippen LogP contribution in [0.1, 0.15) is 25.7 Å². The van der Waals surface area contributed by atoms with Crippen LogP contribution in [0.4, 0.5) is 4.79 Å². The summed E-state index contributed by atoms with van der Waals surface area (Å²) >= 11 is 0. The number of allylic oxidation sites excluding steroid dienone is 6. The third kappa shape index (κ3) is 5.49. The van der Waals surface area contributed by atoms with Gasteiger partial charge in [-0.25, -0.2) is 4.79 Å². The molecular formula is C17H20N2O5. The number of nitroso groups, excluding NO2 is 1. The molecule has 128 valence electrons. The molecule has 0 radical (unpaired) electrons. The molecule has 0 aromatic rings. The second-order valence-corrected chi connectivity index (χ2v) is 5.71. The van der Waals surface area contributed by atoms with Crippen molar-refractivity contribution in [1.29, 1.82) is 0 Å². The van der Waals surface area contributed by atoms with Crippen molar-refractivity contribution < 1.29 is 19.4 Å². The first kappa shape index (κ1) is 17.7. The van der Waals surface area contributed by atoms with Crippen molar-refractivity contribution in [2.75, 3.05) is 6.61 Å². The van der Waals surface area contributed by atoms with E-state index < -0.39 is 18.0 Å². The van der Waals surface area contributed by atoms with Gasteiger partial charge in [0.2, 0.25) is 0 Å². The van der Waals surface area contributed by atoms with Crippen molar-refractivity contribution in [3.63, 3.8) is 0 Å². The van der Waals surface area contributed by atoms with Crippen LogP contribution in [0.3, 0.4) is 0 Å². The van der Waals surface area contributed by atoms with Crippen LogP contribution in [0.2, 0.25) is 0 Å². The normalized spacial score (nSPS) is 20.6. The number of ether oxygens (including phenoxy) is 1. The van der Waals surface area contributed by atoms with E-state index in [2.05, 4.69) is 10.5 Å². The average molecular weight is 332 g/mol. The molecule has 0 bridgehead atoms. The van der Waals surface area contributed by atoms with Gasteiger partial charge in [-0.2, -0.15) is 0 Å². The van der Waals surface area contributed by atoms with Gasteiger partial charge in [0, 0.05) is 5.18 Å². The molecule has 2 atom stereocenters. The first-order valence-electron chi connectivity index (χ1n) is 7.81. The number of carbonyl (C=O) groups excluding carboxylic acids is 2. The Hall–Kier alpha value is -2.70. The zero-order valence-electron chi connectivity index (χ0n) is 13.2. The van der Waals surface area contributed by atoms with Crippen LogP contribution in [0.15, 0.2) is 53.0 Å². The first-order chi connectivity index (χ1) is 11.6. The van der Waals surface area contributed by atoms with E-state index in [-0.39, 0.29) is 24.7 Å². The maximum Gasteiger partial charge on any atom is 0.408 e. The maximum atomic E-state index is 11.9. The molecule has 0 spiro atoms. The van der Waals surface area contributed by atoms with Crippen LogP contribution in [0.5, 0.6) is 0 Å². The van der Waals surface area contributed by atoms with Gasteiger partial charge in [-0.3, -0.25) is 4.79 Å². The number of rotatable bonds is 6. The van der Waals surface area contributed by atoms with E-state index >= 15 is 0 Å². The van der Waals surface area contributed by atoms with Crippen LogP contribution in [-0.4, -0.2) is 29.8 Å². The van der Waals surface area contributed by atoms with E-state index in [9.17, 15) is 19.6 Å². The van der Waals surface area contributed by atoms with E-state index in [1.54, 1.807) is 12.2 Å². The predicted octanol–water partition coefficient (Wildman–Crippen LogP) is 3.06. The second kappa shape index (κ2) is 8.81. The Labute approximate surface area is 139 Å². The smallest absolute Gasteiger partial charge is 0.408 e. The van der Waals surface area contributed by atoms with Crippen molar-refractivity contribution >= 4 is 12.0 Å². The number of nitrogens with one attached hydrogen (secondary N) is 1. The van der Waals surface area contributed by atoms with Crippen LogP contribution >= 0.6 is 0 Å². The predicted molar refractivity (Wildman–Crippen MR) is 88.1 cm³/mol. The van der Waals surface area contributed by atoms with Crippen LogP contribution in [0.25, 0.3) is 0 Å². The Bertz CT molecular complexity index is 618. The standard InChI is InChI=1S/C17H20N2O5/c20-14-8-6-12(7-9-14)10-15(16(21)19-23)18-17(22)24-11-13-4-2-1-3-5-13/h1-2,4,6,8-9,12,15,20H,3,5,7,10-11H2,(H,18,22). The Balaban J connectivity index is 1.86. The van der Waals surface area contributed by atoms with Crippen molar-refractivity contribution in [2.24, 2.45) is 11.1 Å². The van der Waals surface area contributed by atoms with Crippen LogP contribution in [-0.2, 0) is 9.53 Å². The Morgan fingerprint density at radius 1 is 1.46 bits per heavy atom. The summed E-state index contributed by atoms with van der Waals surface area (Å²) in [5.41, 5.74) is 0.986. The van der Waals surface area contributed by atoms with Crippen molar-refractivity contribution in [3.05, 3.63) is 52.7 Å². The molecule has 0 aromatic heterocycles. The van der Waals surface area contributed by atoms with Crippen molar-refractivity contribution in [1.82, 2.24) is 5.32 Å². The average Bonchev–Trinajstić information content (AvgIpc) is 2.61. The third-order valence-electron chi connectivity index (χ3n) is 3.88. The number of nitrogens with zero attached hydrogens (tertiary/aromatic N) is 1. The monoisotopic (exact) mass is 332 g/mol. The lowest BCUT2D eigenvalue weighted by atomic mass is 9.92. The van der Waals surface area contributed by atoms with E-state index in [1.165, 1.54) is 6.08 Å². The quantitative estimate of drug-likeness (QED) is 0.727. The van der Waals surface area contributed by atoms with Gasteiger partial charge < -0.3 is 15.2 Å². The second-order valence-electron chi connectivity index (χ2n) is 5.71. The molecule has 0 saturated carbocycles. The fourth-order valence-electron chi connectivity index (χ4n) is 2.53. The molecule has 2 amide bonds. The summed E-state index contributed by atoms with van der Waals surface area (Å²) in [4.78, 5) is 34.0. The van der Waals surface area contributed by atoms with E-state index in [4.69, 9.17) is 4.74 Å². The molecule has 2 aliphatic carbocycles. The zero-order chi connectivity index (χ0) is 17.4. The molecule has 7 nitrogen and oxygen atoms in total. The molecule has 7 heteroatoms.